The number of ether oxygens (including phenoxy) is 1. The van der Waals surface area contributed by atoms with Crippen LogP contribution >= 0.6 is 0 Å². The molecule has 0 spiro atoms. The van der Waals surface area contributed by atoms with Crippen LogP contribution in [0.5, 0.6) is 0 Å². The van der Waals surface area contributed by atoms with Crippen molar-refractivity contribution in [3.63, 3.8) is 0 Å². The van der Waals surface area contributed by atoms with Gasteiger partial charge in [0, 0.05) is 17.9 Å². The van der Waals surface area contributed by atoms with Crippen molar-refractivity contribution in [1.29, 1.82) is 0 Å². The molecule has 4 aliphatic carbocycles. The minimum absolute atomic E-state index is 0.110. The van der Waals surface area contributed by atoms with Crippen LogP contribution in [0.4, 0.5) is 0 Å². The highest BCUT2D eigenvalue weighted by Gasteiger charge is 2.64. The summed E-state index contributed by atoms with van der Waals surface area (Å²) >= 11 is 0. The Morgan fingerprint density at radius 2 is 1.78 bits per heavy atom. The summed E-state index contributed by atoms with van der Waals surface area (Å²) in [4.78, 5) is 25.8. The van der Waals surface area contributed by atoms with Crippen LogP contribution in [-0.2, 0) is 14.3 Å². The molecule has 0 heterocycles. The molecule has 4 rings (SSSR count). The molecule has 0 aromatic rings. The highest BCUT2D eigenvalue weighted by Crippen LogP contribution is 2.68. The Morgan fingerprint density at radius 1 is 1.09 bits per heavy atom. The molecule has 0 aliphatic heterocycles. The van der Waals surface area contributed by atoms with Gasteiger partial charge in [-0.1, -0.05) is 33.8 Å². The third-order valence-corrected chi connectivity index (χ3v) is 10.7. The third-order valence-electron chi connectivity index (χ3n) is 10.7. The Balaban J connectivity index is 1.60. The van der Waals surface area contributed by atoms with Crippen molar-refractivity contribution in [2.45, 2.75) is 92.1 Å². The summed E-state index contributed by atoms with van der Waals surface area (Å²) in [6.45, 7) is 11.5. The first-order chi connectivity index (χ1) is 15.2. The maximum absolute atomic E-state index is 14.0. The summed E-state index contributed by atoms with van der Waals surface area (Å²) in [6, 6.07) is 0. The number of fused-ring (bicyclic) bond motifs is 5. The number of aliphatic hydroxyl groups excluding tert-OH is 1. The number of carbonyl (C=O) groups excluding carboxylic acids is 2. The summed E-state index contributed by atoms with van der Waals surface area (Å²) in [5.41, 5.74) is 0.345. The van der Waals surface area contributed by atoms with E-state index in [9.17, 15) is 14.7 Å². The van der Waals surface area contributed by atoms with Gasteiger partial charge in [-0.15, -0.1) is 0 Å². The second-order valence-electron chi connectivity index (χ2n) is 11.9. The smallest absolute Gasteiger partial charge is 0.330 e. The number of allylic oxidation sites excluding steroid dienone is 1. The molecule has 1 N–H and O–H groups in total. The average molecular weight is 445 g/mol. The van der Waals surface area contributed by atoms with Gasteiger partial charge in [0.25, 0.3) is 0 Å². The number of esters is 1. The van der Waals surface area contributed by atoms with Gasteiger partial charge in [-0.3, -0.25) is 4.79 Å². The fourth-order valence-electron chi connectivity index (χ4n) is 9.09. The van der Waals surface area contributed by atoms with Gasteiger partial charge < -0.3 is 9.84 Å². The molecule has 0 radical (unpaired) electrons. The summed E-state index contributed by atoms with van der Waals surface area (Å²) in [5.74, 6) is 2.63. The maximum Gasteiger partial charge on any atom is 0.330 e. The van der Waals surface area contributed by atoms with Crippen LogP contribution in [0.3, 0.4) is 0 Å². The van der Waals surface area contributed by atoms with Gasteiger partial charge in [-0.05, 0) is 98.7 Å². The van der Waals surface area contributed by atoms with Crippen molar-refractivity contribution in [2.75, 3.05) is 6.61 Å². The molecule has 0 aromatic carbocycles. The molecular weight excluding hydrogens is 400 g/mol. The number of ketones is 1. The summed E-state index contributed by atoms with van der Waals surface area (Å²) in [7, 11) is 0. The van der Waals surface area contributed by atoms with E-state index in [0.29, 0.717) is 42.0 Å². The lowest BCUT2D eigenvalue weighted by Gasteiger charge is -2.62. The monoisotopic (exact) mass is 444 g/mol. The van der Waals surface area contributed by atoms with Crippen LogP contribution in [0.2, 0.25) is 0 Å². The maximum atomic E-state index is 14.0. The fourth-order valence-corrected chi connectivity index (χ4v) is 9.09. The molecule has 4 nitrogen and oxygen atoms in total. The zero-order valence-electron chi connectivity index (χ0n) is 20.8. The second kappa shape index (κ2) is 8.89. The largest absolute Gasteiger partial charge is 0.463 e. The summed E-state index contributed by atoms with van der Waals surface area (Å²) in [6.07, 6.45) is 11.7. The SMILES string of the molecule is CCOC(=O)C=CC(C)[C@H]1CC[C@H]2[C@@H]3C(=O)[C@H](CC)[C@@H]4C[C@H](O)CC[C@]4(C)[C@H]3CC[C@]12C. The first-order valence-electron chi connectivity index (χ1n) is 13.2. The van der Waals surface area contributed by atoms with Crippen LogP contribution < -0.4 is 0 Å². The molecule has 4 fully saturated rings. The standard InChI is InChI=1S/C28H44O4/c1-6-19-23-16-18(29)12-14-28(23,5)22-13-15-27(4)20(9-10-21(27)25(22)26(19)31)17(3)8-11-24(30)32-7-2/h8,11,17-23,25,29H,6-7,9-10,12-16H2,1-5H3/t17?,18-,19-,20-,21+,22+,23+,25+,27-,28-/m1/s1. The Morgan fingerprint density at radius 3 is 2.47 bits per heavy atom. The van der Waals surface area contributed by atoms with E-state index < -0.39 is 0 Å². The topological polar surface area (TPSA) is 63.6 Å². The van der Waals surface area contributed by atoms with Crippen molar-refractivity contribution in [3.05, 3.63) is 12.2 Å². The van der Waals surface area contributed by atoms with Gasteiger partial charge in [0.2, 0.25) is 0 Å². The van der Waals surface area contributed by atoms with Crippen LogP contribution in [-0.4, -0.2) is 29.6 Å². The van der Waals surface area contributed by atoms with Crippen LogP contribution in [0.1, 0.15) is 86.0 Å². The first kappa shape index (κ1) is 24.0. The molecular formula is C28H44O4. The molecule has 0 aromatic heterocycles. The van der Waals surface area contributed by atoms with E-state index >= 15 is 0 Å². The van der Waals surface area contributed by atoms with E-state index in [1.165, 1.54) is 6.42 Å². The molecule has 4 saturated carbocycles. The molecule has 0 saturated heterocycles. The minimum Gasteiger partial charge on any atom is -0.463 e. The average Bonchev–Trinajstić information content (AvgIpc) is 3.11. The van der Waals surface area contributed by atoms with E-state index in [0.717, 1.165) is 44.9 Å². The molecule has 10 atom stereocenters. The van der Waals surface area contributed by atoms with Crippen molar-refractivity contribution in [3.8, 4) is 0 Å². The molecule has 180 valence electrons. The number of carbonyl (C=O) groups is 2. The van der Waals surface area contributed by atoms with E-state index in [1.54, 1.807) is 6.08 Å². The lowest BCUT2D eigenvalue weighted by molar-refractivity contribution is -0.173. The molecule has 4 heteroatoms. The number of aliphatic hydroxyl groups is 1. The lowest BCUT2D eigenvalue weighted by atomic mass is 9.42. The number of hydrogen-bond acceptors (Lipinski definition) is 4. The van der Waals surface area contributed by atoms with Gasteiger partial charge >= 0.3 is 5.97 Å². The van der Waals surface area contributed by atoms with Gasteiger partial charge in [-0.2, -0.15) is 0 Å². The van der Waals surface area contributed by atoms with Crippen molar-refractivity contribution >= 4 is 11.8 Å². The minimum atomic E-state index is -0.255. The van der Waals surface area contributed by atoms with Gasteiger partial charge in [-0.25, -0.2) is 4.79 Å². The van der Waals surface area contributed by atoms with E-state index in [4.69, 9.17) is 4.74 Å². The van der Waals surface area contributed by atoms with Crippen LogP contribution in [0.25, 0.3) is 0 Å². The Hall–Kier alpha value is -1.16. The lowest BCUT2D eigenvalue weighted by Crippen LogP contribution is -2.60. The predicted molar refractivity (Wildman–Crippen MR) is 126 cm³/mol. The highest BCUT2D eigenvalue weighted by atomic mass is 16.5. The zero-order chi connectivity index (χ0) is 23.3. The summed E-state index contributed by atoms with van der Waals surface area (Å²) < 4.78 is 5.08. The molecule has 32 heavy (non-hydrogen) atoms. The highest BCUT2D eigenvalue weighted by molar-refractivity contribution is 5.86. The molecule has 1 unspecified atom stereocenters. The number of Topliss-reactive ketones (excluding diaryl/α,β-unsaturated/α-hetero) is 1. The van der Waals surface area contributed by atoms with Crippen LogP contribution in [0, 0.1) is 52.3 Å². The Labute approximate surface area is 194 Å². The van der Waals surface area contributed by atoms with E-state index in [2.05, 4.69) is 27.7 Å². The third kappa shape index (κ3) is 3.69. The number of hydrogen-bond donors (Lipinski definition) is 1. The number of rotatable bonds is 5. The quantitative estimate of drug-likeness (QED) is 0.444. The normalized spacial score (nSPS) is 46.9. The summed E-state index contributed by atoms with van der Waals surface area (Å²) in [5, 5.41) is 10.4. The van der Waals surface area contributed by atoms with Crippen molar-refractivity contribution in [2.24, 2.45) is 52.3 Å². The van der Waals surface area contributed by atoms with Gasteiger partial charge in [0.05, 0.1) is 12.7 Å². The first-order valence-corrected chi connectivity index (χ1v) is 13.2. The predicted octanol–water partition coefficient (Wildman–Crippen LogP) is 5.58. The fraction of sp³-hybridized carbons (Fsp3) is 0.857. The zero-order valence-corrected chi connectivity index (χ0v) is 20.8. The molecule has 0 amide bonds. The van der Waals surface area contributed by atoms with Crippen molar-refractivity contribution < 1.29 is 19.4 Å². The second-order valence-corrected chi connectivity index (χ2v) is 11.9. The Bertz CT molecular complexity index is 759. The van der Waals surface area contributed by atoms with Crippen molar-refractivity contribution in [1.82, 2.24) is 0 Å². The molecule has 4 aliphatic rings. The van der Waals surface area contributed by atoms with Gasteiger partial charge in [0.15, 0.2) is 0 Å². The van der Waals surface area contributed by atoms with Gasteiger partial charge in [0.1, 0.15) is 5.78 Å². The van der Waals surface area contributed by atoms with E-state index in [1.807, 2.05) is 13.0 Å². The molecule has 0 bridgehead atoms. The van der Waals surface area contributed by atoms with E-state index in [-0.39, 0.29) is 34.7 Å². The van der Waals surface area contributed by atoms with Crippen LogP contribution in [0.15, 0.2) is 12.2 Å². The Kier molecular flexibility index (Phi) is 6.66.